The van der Waals surface area contributed by atoms with E-state index in [1.165, 1.54) is 4.68 Å². The number of piperidine rings is 1. The molecule has 1 amide bonds. The molecular weight excluding hydrogens is 376 g/mol. The lowest BCUT2D eigenvalue weighted by Crippen LogP contribution is -2.38. The van der Waals surface area contributed by atoms with Gasteiger partial charge in [-0.15, -0.1) is 11.8 Å². The van der Waals surface area contributed by atoms with E-state index in [9.17, 15) is 9.59 Å². The number of ether oxygens (including phenoxy) is 1. The number of aromatic nitrogens is 3. The van der Waals surface area contributed by atoms with Gasteiger partial charge in [-0.1, -0.05) is 12.1 Å². The van der Waals surface area contributed by atoms with Crippen molar-refractivity contribution in [3.05, 3.63) is 46.1 Å². The van der Waals surface area contributed by atoms with E-state index < -0.39 is 0 Å². The van der Waals surface area contributed by atoms with Gasteiger partial charge in [0.1, 0.15) is 5.82 Å². The van der Waals surface area contributed by atoms with Crippen LogP contribution in [0.2, 0.25) is 0 Å². The molecular formula is C20H28N4O3S. The van der Waals surface area contributed by atoms with Gasteiger partial charge < -0.3 is 9.64 Å². The van der Waals surface area contributed by atoms with Gasteiger partial charge in [0.2, 0.25) is 0 Å². The molecule has 1 aromatic heterocycles. The van der Waals surface area contributed by atoms with Gasteiger partial charge in [-0.25, -0.2) is 9.48 Å². The monoisotopic (exact) mass is 404 g/mol. The zero-order valence-corrected chi connectivity index (χ0v) is 17.6. The van der Waals surface area contributed by atoms with Gasteiger partial charge in [-0.2, -0.15) is 5.10 Å². The van der Waals surface area contributed by atoms with Crippen LogP contribution in [0.3, 0.4) is 0 Å². The van der Waals surface area contributed by atoms with Gasteiger partial charge in [-0.05, 0) is 38.2 Å². The Balaban J connectivity index is 1.72. The van der Waals surface area contributed by atoms with Gasteiger partial charge in [0.25, 0.3) is 5.91 Å². The molecule has 28 heavy (non-hydrogen) atoms. The molecule has 1 aromatic carbocycles. The summed E-state index contributed by atoms with van der Waals surface area (Å²) in [6.07, 6.45) is 3.62. The quantitative estimate of drug-likeness (QED) is 0.663. The van der Waals surface area contributed by atoms with Crippen molar-refractivity contribution in [2.24, 2.45) is 0 Å². The van der Waals surface area contributed by atoms with Crippen molar-refractivity contribution < 1.29 is 9.53 Å². The summed E-state index contributed by atoms with van der Waals surface area (Å²) in [5, 5.41) is 4.58. The smallest absolute Gasteiger partial charge is 0.345 e. The van der Waals surface area contributed by atoms with E-state index in [4.69, 9.17) is 4.74 Å². The molecule has 1 fully saturated rings. The Kier molecular flexibility index (Phi) is 6.96. The summed E-state index contributed by atoms with van der Waals surface area (Å²) in [4.78, 5) is 28.4. The zero-order valence-electron chi connectivity index (χ0n) is 16.8. The largest absolute Gasteiger partial charge is 0.383 e. The standard InChI is InChI=1S/C20H28N4O3S/c1-4-23-18(21-24(20(23)26)13-14-27-2)15-9-11-22(12-10-15)19(25)16-7-5-6-8-17(16)28-3/h5-8,15H,4,9-14H2,1-3H3. The average Bonchev–Trinajstić information content (AvgIpc) is 3.07. The number of carbonyl (C=O) groups is 1. The lowest BCUT2D eigenvalue weighted by atomic mass is 9.95. The molecule has 0 saturated carbocycles. The molecule has 0 spiro atoms. The highest BCUT2D eigenvalue weighted by Gasteiger charge is 2.29. The Morgan fingerprint density at radius 3 is 2.64 bits per heavy atom. The van der Waals surface area contributed by atoms with Crippen molar-refractivity contribution in [2.75, 3.05) is 33.1 Å². The van der Waals surface area contributed by atoms with Crippen molar-refractivity contribution in [1.29, 1.82) is 0 Å². The van der Waals surface area contributed by atoms with Crippen LogP contribution in [0.25, 0.3) is 0 Å². The van der Waals surface area contributed by atoms with Crippen molar-refractivity contribution in [3.63, 3.8) is 0 Å². The van der Waals surface area contributed by atoms with Crippen LogP contribution in [-0.4, -0.2) is 58.2 Å². The number of hydrogen-bond donors (Lipinski definition) is 0. The second-order valence-electron chi connectivity index (χ2n) is 6.87. The number of amides is 1. The molecule has 2 heterocycles. The van der Waals surface area contributed by atoms with Crippen LogP contribution >= 0.6 is 11.8 Å². The van der Waals surface area contributed by atoms with Crippen LogP contribution in [0.1, 0.15) is 41.9 Å². The lowest BCUT2D eigenvalue weighted by molar-refractivity contribution is 0.0706. The van der Waals surface area contributed by atoms with E-state index in [0.717, 1.165) is 29.1 Å². The summed E-state index contributed by atoms with van der Waals surface area (Å²) >= 11 is 1.59. The molecule has 1 saturated heterocycles. The Labute approximate surface area is 169 Å². The summed E-state index contributed by atoms with van der Waals surface area (Å²) in [6.45, 7) is 4.83. The van der Waals surface area contributed by atoms with Crippen LogP contribution in [0.15, 0.2) is 34.0 Å². The van der Waals surface area contributed by atoms with Crippen LogP contribution in [0.5, 0.6) is 0 Å². The molecule has 1 aliphatic heterocycles. The van der Waals surface area contributed by atoms with Crippen LogP contribution in [0, 0.1) is 0 Å². The molecule has 0 radical (unpaired) electrons. The van der Waals surface area contributed by atoms with E-state index in [0.29, 0.717) is 32.8 Å². The number of hydrogen-bond acceptors (Lipinski definition) is 5. The van der Waals surface area contributed by atoms with Crippen LogP contribution < -0.4 is 5.69 Å². The first-order valence-electron chi connectivity index (χ1n) is 9.69. The van der Waals surface area contributed by atoms with Gasteiger partial charge in [0, 0.05) is 37.6 Å². The fourth-order valence-corrected chi connectivity index (χ4v) is 4.30. The Morgan fingerprint density at radius 1 is 1.29 bits per heavy atom. The minimum atomic E-state index is -0.0815. The summed E-state index contributed by atoms with van der Waals surface area (Å²) < 4.78 is 8.32. The highest BCUT2D eigenvalue weighted by atomic mass is 32.2. The minimum absolute atomic E-state index is 0.0815. The molecule has 0 unspecified atom stereocenters. The van der Waals surface area contributed by atoms with Gasteiger partial charge in [0.15, 0.2) is 0 Å². The summed E-state index contributed by atoms with van der Waals surface area (Å²) in [5.41, 5.74) is 0.685. The molecule has 3 rings (SSSR count). The fourth-order valence-electron chi connectivity index (χ4n) is 3.71. The number of benzene rings is 1. The number of carbonyl (C=O) groups excluding carboxylic acids is 1. The van der Waals surface area contributed by atoms with Crippen molar-refractivity contribution in [3.8, 4) is 0 Å². The van der Waals surface area contributed by atoms with E-state index >= 15 is 0 Å². The third-order valence-electron chi connectivity index (χ3n) is 5.26. The first-order chi connectivity index (χ1) is 13.6. The average molecular weight is 405 g/mol. The topological polar surface area (TPSA) is 69.4 Å². The van der Waals surface area contributed by atoms with Crippen molar-refractivity contribution in [1.82, 2.24) is 19.2 Å². The molecule has 7 nitrogen and oxygen atoms in total. The van der Waals surface area contributed by atoms with E-state index in [2.05, 4.69) is 5.10 Å². The fraction of sp³-hybridized carbons (Fsp3) is 0.550. The third-order valence-corrected chi connectivity index (χ3v) is 6.06. The SMILES string of the molecule is CCn1c(C2CCN(C(=O)c3ccccc3SC)CC2)nn(CCOC)c1=O. The Hall–Kier alpha value is -2.06. The highest BCUT2D eigenvalue weighted by Crippen LogP contribution is 2.28. The van der Waals surface area contributed by atoms with E-state index in [1.54, 1.807) is 23.4 Å². The number of likely N-dealkylation sites (tertiary alicyclic amines) is 1. The van der Waals surface area contributed by atoms with E-state index in [1.807, 2.05) is 42.3 Å². The summed E-state index contributed by atoms with van der Waals surface area (Å²) in [7, 11) is 1.62. The Morgan fingerprint density at radius 2 is 2.00 bits per heavy atom. The molecule has 152 valence electrons. The lowest BCUT2D eigenvalue weighted by Gasteiger charge is -2.32. The second kappa shape index (κ2) is 9.43. The predicted molar refractivity (Wildman–Crippen MR) is 110 cm³/mol. The molecule has 2 aromatic rings. The normalized spacial score (nSPS) is 15.2. The van der Waals surface area contributed by atoms with Gasteiger partial charge in [-0.3, -0.25) is 9.36 Å². The molecule has 0 atom stereocenters. The molecule has 8 heteroatoms. The Bertz CT molecular complexity index is 869. The van der Waals surface area contributed by atoms with Gasteiger partial charge in [0.05, 0.1) is 18.7 Å². The first kappa shape index (κ1) is 20.7. The predicted octanol–water partition coefficient (Wildman–Crippen LogP) is 2.45. The molecule has 0 bridgehead atoms. The maximum Gasteiger partial charge on any atom is 0.345 e. The second-order valence-corrected chi connectivity index (χ2v) is 7.72. The van der Waals surface area contributed by atoms with Crippen LogP contribution in [-0.2, 0) is 17.8 Å². The first-order valence-corrected chi connectivity index (χ1v) is 10.9. The third kappa shape index (κ3) is 4.17. The van der Waals surface area contributed by atoms with E-state index in [-0.39, 0.29) is 17.5 Å². The summed E-state index contributed by atoms with van der Waals surface area (Å²) in [6, 6.07) is 7.74. The highest BCUT2D eigenvalue weighted by molar-refractivity contribution is 7.98. The number of methoxy groups -OCH3 is 1. The zero-order chi connectivity index (χ0) is 20.1. The van der Waals surface area contributed by atoms with Crippen LogP contribution in [0.4, 0.5) is 0 Å². The minimum Gasteiger partial charge on any atom is -0.383 e. The maximum absolute atomic E-state index is 12.9. The van der Waals surface area contributed by atoms with Crippen molar-refractivity contribution in [2.45, 2.75) is 43.7 Å². The number of nitrogens with zero attached hydrogens (tertiary/aromatic N) is 4. The van der Waals surface area contributed by atoms with Gasteiger partial charge >= 0.3 is 5.69 Å². The summed E-state index contributed by atoms with van der Waals surface area (Å²) in [5.74, 6) is 1.11. The molecule has 0 N–H and O–H groups in total. The maximum atomic E-state index is 12.9. The number of thioether (sulfide) groups is 1. The molecule has 1 aliphatic rings. The molecule has 0 aliphatic carbocycles. The van der Waals surface area contributed by atoms with Crippen molar-refractivity contribution >= 4 is 17.7 Å². The number of rotatable bonds is 7.